The molecule has 7 nitrogen and oxygen atoms in total. The van der Waals surface area contributed by atoms with Gasteiger partial charge in [0.05, 0.1) is 30.9 Å². The molecule has 1 saturated heterocycles. The fourth-order valence-corrected chi connectivity index (χ4v) is 4.78. The Kier molecular flexibility index (Phi) is 8.59. The van der Waals surface area contributed by atoms with Gasteiger partial charge in [-0.15, -0.1) is 0 Å². The van der Waals surface area contributed by atoms with Crippen LogP contribution in [-0.2, 0) is 9.05 Å². The van der Waals surface area contributed by atoms with Crippen LogP contribution in [0.5, 0.6) is 0 Å². The van der Waals surface area contributed by atoms with Crippen molar-refractivity contribution in [2.45, 2.75) is 58.7 Å². The van der Waals surface area contributed by atoms with Crippen LogP contribution in [0, 0.1) is 11.3 Å². The third kappa shape index (κ3) is 6.22. The first-order chi connectivity index (χ1) is 13.0. The van der Waals surface area contributed by atoms with Gasteiger partial charge in [-0.3, -0.25) is 0 Å². The molecule has 0 aromatic carbocycles. The second kappa shape index (κ2) is 10.7. The zero-order valence-electron chi connectivity index (χ0n) is 16.7. The van der Waals surface area contributed by atoms with Crippen LogP contribution in [0.4, 0.5) is 5.95 Å². The van der Waals surface area contributed by atoms with Crippen LogP contribution in [0.1, 0.15) is 46.2 Å². The van der Waals surface area contributed by atoms with Gasteiger partial charge < -0.3 is 13.9 Å². The summed E-state index contributed by atoms with van der Waals surface area (Å²) in [5.74, 6) is 0.706. The lowest BCUT2D eigenvalue weighted by molar-refractivity contribution is 0.142. The number of rotatable bonds is 10. The van der Waals surface area contributed by atoms with E-state index in [1.54, 1.807) is 12.3 Å². The van der Waals surface area contributed by atoms with Gasteiger partial charge >= 0.3 is 0 Å². The maximum absolute atomic E-state index is 8.82. The van der Waals surface area contributed by atoms with E-state index in [4.69, 9.17) is 14.3 Å². The average molecular weight is 391 g/mol. The first kappa shape index (κ1) is 21.7. The van der Waals surface area contributed by atoms with Crippen LogP contribution in [0.3, 0.4) is 0 Å². The molecule has 2 atom stereocenters. The maximum Gasteiger partial charge on any atom is 0.259 e. The van der Waals surface area contributed by atoms with Crippen molar-refractivity contribution in [2.75, 3.05) is 24.6 Å². The molecule has 0 bridgehead atoms. The molecule has 1 aliphatic heterocycles. The maximum atomic E-state index is 8.82. The standard InChI is InChI=1S/C19H30N5O2P/c1-6-17-8-11-21-19(22-17)23-12-9-18(14-23)26-27(25-13-7-10-20)24(15(2)3)16(4)5/h6,8,11,15-16,18H,1,7,9,12-14H2,2-5H3/t18-,27?/m1/s1. The van der Waals surface area contributed by atoms with E-state index in [0.29, 0.717) is 31.1 Å². The van der Waals surface area contributed by atoms with Gasteiger partial charge in [0.1, 0.15) is 0 Å². The number of nitrogens with zero attached hydrogens (tertiary/aromatic N) is 5. The van der Waals surface area contributed by atoms with Gasteiger partial charge in [-0.1, -0.05) is 6.58 Å². The molecule has 8 heteroatoms. The Hall–Kier alpha value is -1.58. The van der Waals surface area contributed by atoms with E-state index in [0.717, 1.165) is 25.2 Å². The molecule has 0 radical (unpaired) electrons. The lowest BCUT2D eigenvalue weighted by Gasteiger charge is -2.36. The molecular weight excluding hydrogens is 361 g/mol. The van der Waals surface area contributed by atoms with E-state index in [-0.39, 0.29) is 6.10 Å². The zero-order chi connectivity index (χ0) is 19.8. The quantitative estimate of drug-likeness (QED) is 0.441. The second-order valence-electron chi connectivity index (χ2n) is 6.99. The predicted octanol–water partition coefficient (Wildman–Crippen LogP) is 3.99. The summed E-state index contributed by atoms with van der Waals surface area (Å²) in [5, 5.41) is 8.82. The molecule has 2 rings (SSSR count). The Morgan fingerprint density at radius 2 is 2.19 bits per heavy atom. The summed E-state index contributed by atoms with van der Waals surface area (Å²) in [6.07, 6.45) is 4.79. The van der Waals surface area contributed by atoms with Gasteiger partial charge in [0.2, 0.25) is 5.95 Å². The molecule has 2 heterocycles. The highest BCUT2D eigenvalue weighted by atomic mass is 31.2. The fraction of sp³-hybridized carbons (Fsp3) is 0.632. The second-order valence-corrected chi connectivity index (χ2v) is 8.40. The van der Waals surface area contributed by atoms with Crippen molar-refractivity contribution in [2.24, 2.45) is 0 Å². The minimum Gasteiger partial charge on any atom is -0.338 e. The van der Waals surface area contributed by atoms with E-state index in [1.807, 2.05) is 6.07 Å². The van der Waals surface area contributed by atoms with Gasteiger partial charge in [-0.05, 0) is 46.3 Å². The van der Waals surface area contributed by atoms with Crippen molar-refractivity contribution in [3.63, 3.8) is 0 Å². The largest absolute Gasteiger partial charge is 0.338 e. The van der Waals surface area contributed by atoms with Crippen molar-refractivity contribution in [1.29, 1.82) is 5.26 Å². The lowest BCUT2D eigenvalue weighted by Crippen LogP contribution is -2.35. The van der Waals surface area contributed by atoms with Crippen LogP contribution in [0.15, 0.2) is 18.8 Å². The highest BCUT2D eigenvalue weighted by Crippen LogP contribution is 2.48. The molecule has 27 heavy (non-hydrogen) atoms. The van der Waals surface area contributed by atoms with Crippen molar-refractivity contribution in [3.05, 3.63) is 24.5 Å². The first-order valence-corrected chi connectivity index (χ1v) is 10.5. The predicted molar refractivity (Wildman–Crippen MR) is 109 cm³/mol. The van der Waals surface area contributed by atoms with E-state index in [9.17, 15) is 0 Å². The molecular formula is C19H30N5O2P. The molecule has 1 fully saturated rings. The van der Waals surface area contributed by atoms with Gasteiger partial charge in [0, 0.05) is 31.4 Å². The van der Waals surface area contributed by atoms with Crippen LogP contribution in [0.25, 0.3) is 6.08 Å². The highest BCUT2D eigenvalue weighted by molar-refractivity contribution is 7.44. The third-order valence-corrected chi connectivity index (χ3v) is 6.39. The van der Waals surface area contributed by atoms with Crippen LogP contribution >= 0.6 is 8.53 Å². The van der Waals surface area contributed by atoms with E-state index < -0.39 is 8.53 Å². The Bertz CT molecular complexity index is 641. The molecule has 148 valence electrons. The number of hydrogen-bond donors (Lipinski definition) is 0. The topological polar surface area (TPSA) is 74.5 Å². The summed E-state index contributed by atoms with van der Waals surface area (Å²) >= 11 is 0. The van der Waals surface area contributed by atoms with Gasteiger partial charge in [-0.25, -0.2) is 14.6 Å². The molecule has 1 aromatic rings. The molecule has 0 amide bonds. The fourth-order valence-electron chi connectivity index (χ4n) is 3.05. The first-order valence-electron chi connectivity index (χ1n) is 9.41. The summed E-state index contributed by atoms with van der Waals surface area (Å²) in [5.41, 5.74) is 0.817. The molecule has 0 aliphatic carbocycles. The molecule has 0 N–H and O–H groups in total. The molecule has 1 unspecified atom stereocenters. The number of nitriles is 1. The number of anilines is 1. The summed E-state index contributed by atoms with van der Waals surface area (Å²) in [4.78, 5) is 11.0. The van der Waals surface area contributed by atoms with Crippen molar-refractivity contribution in [3.8, 4) is 6.07 Å². The monoisotopic (exact) mass is 391 g/mol. The van der Waals surface area contributed by atoms with E-state index in [1.165, 1.54) is 0 Å². The average Bonchev–Trinajstić information content (AvgIpc) is 3.10. The molecule has 0 spiro atoms. The third-order valence-electron chi connectivity index (χ3n) is 4.20. The summed E-state index contributed by atoms with van der Waals surface area (Å²) in [7, 11) is -1.22. The summed E-state index contributed by atoms with van der Waals surface area (Å²) < 4.78 is 14.6. The van der Waals surface area contributed by atoms with Crippen LogP contribution in [-0.4, -0.2) is 52.5 Å². The van der Waals surface area contributed by atoms with Crippen molar-refractivity contribution >= 4 is 20.6 Å². The summed E-state index contributed by atoms with van der Waals surface area (Å²) in [6.45, 7) is 14.3. The Morgan fingerprint density at radius 1 is 1.44 bits per heavy atom. The molecule has 0 saturated carbocycles. The lowest BCUT2D eigenvalue weighted by atomic mass is 10.3. The molecule has 1 aromatic heterocycles. The highest BCUT2D eigenvalue weighted by Gasteiger charge is 2.33. The minimum absolute atomic E-state index is 0.0502. The normalized spacial score (nSPS) is 18.3. The van der Waals surface area contributed by atoms with Crippen LogP contribution < -0.4 is 4.90 Å². The summed E-state index contributed by atoms with van der Waals surface area (Å²) in [6, 6.07) is 4.56. The van der Waals surface area contributed by atoms with Crippen molar-refractivity contribution < 1.29 is 9.05 Å². The van der Waals surface area contributed by atoms with Gasteiger partial charge in [-0.2, -0.15) is 5.26 Å². The number of hydrogen-bond acceptors (Lipinski definition) is 7. The Morgan fingerprint density at radius 3 is 2.81 bits per heavy atom. The number of aromatic nitrogens is 2. The SMILES string of the molecule is C=Cc1ccnc(N2CC[C@@H](OP(OCCC#N)N(C(C)C)C(C)C)C2)n1. The Balaban J connectivity index is 2.04. The van der Waals surface area contributed by atoms with E-state index >= 15 is 0 Å². The van der Waals surface area contributed by atoms with Gasteiger partial charge in [0.25, 0.3) is 8.53 Å². The van der Waals surface area contributed by atoms with Crippen molar-refractivity contribution in [1.82, 2.24) is 14.6 Å². The Labute approximate surface area is 164 Å². The zero-order valence-corrected chi connectivity index (χ0v) is 17.6. The smallest absolute Gasteiger partial charge is 0.259 e. The van der Waals surface area contributed by atoms with Gasteiger partial charge in [0.15, 0.2) is 0 Å². The van der Waals surface area contributed by atoms with Crippen LogP contribution in [0.2, 0.25) is 0 Å². The molecule has 1 aliphatic rings. The minimum atomic E-state index is -1.22. The van der Waals surface area contributed by atoms with E-state index in [2.05, 4.69) is 59.9 Å².